The highest BCUT2D eigenvalue weighted by Gasteiger charge is 2.10. The molecule has 0 aliphatic rings. The molecule has 1 aromatic carbocycles. The molecule has 1 aromatic rings. The number of hydrogen-bond donors (Lipinski definition) is 0. The van der Waals surface area contributed by atoms with Gasteiger partial charge < -0.3 is 9.80 Å². The standard InChI is InChI=1S/C13H18Cl2N2O/c1-16(2)6-7-17(3)13(18)9-10-4-5-11(14)12(15)8-10/h4-5,8H,6-7,9H2,1-3H3. The summed E-state index contributed by atoms with van der Waals surface area (Å²) in [6.45, 7) is 1.57. The molecule has 0 aromatic heterocycles. The predicted octanol–water partition coefficient (Wildman–Crippen LogP) is 2.56. The van der Waals surface area contributed by atoms with Crippen LogP contribution in [0.15, 0.2) is 18.2 Å². The van der Waals surface area contributed by atoms with Crippen LogP contribution in [0.4, 0.5) is 0 Å². The highest BCUT2D eigenvalue weighted by Crippen LogP contribution is 2.22. The first-order chi connectivity index (χ1) is 8.40. The molecule has 1 rings (SSSR count). The Morgan fingerprint density at radius 1 is 1.11 bits per heavy atom. The lowest BCUT2D eigenvalue weighted by Crippen LogP contribution is -2.34. The third-order valence-electron chi connectivity index (χ3n) is 2.65. The predicted molar refractivity (Wildman–Crippen MR) is 76.4 cm³/mol. The van der Waals surface area contributed by atoms with E-state index >= 15 is 0 Å². The largest absolute Gasteiger partial charge is 0.344 e. The summed E-state index contributed by atoms with van der Waals surface area (Å²) in [6.07, 6.45) is 0.348. The Bertz CT molecular complexity index is 421. The van der Waals surface area contributed by atoms with Gasteiger partial charge in [-0.3, -0.25) is 4.79 Å². The lowest BCUT2D eigenvalue weighted by atomic mass is 10.1. The van der Waals surface area contributed by atoms with Crippen LogP contribution in [0.25, 0.3) is 0 Å². The fraction of sp³-hybridized carbons (Fsp3) is 0.462. The second-order valence-electron chi connectivity index (χ2n) is 4.54. The number of nitrogens with zero attached hydrogens (tertiary/aromatic N) is 2. The lowest BCUT2D eigenvalue weighted by Gasteiger charge is -2.19. The Kier molecular flexibility index (Phi) is 5.93. The van der Waals surface area contributed by atoms with Gasteiger partial charge >= 0.3 is 0 Å². The molecule has 0 N–H and O–H groups in total. The van der Waals surface area contributed by atoms with Gasteiger partial charge in [0.15, 0.2) is 0 Å². The number of likely N-dealkylation sites (N-methyl/N-ethyl adjacent to an activating group) is 2. The van der Waals surface area contributed by atoms with Crippen molar-refractivity contribution in [2.24, 2.45) is 0 Å². The van der Waals surface area contributed by atoms with Crippen LogP contribution in [0.2, 0.25) is 10.0 Å². The minimum Gasteiger partial charge on any atom is -0.344 e. The molecule has 0 aliphatic heterocycles. The van der Waals surface area contributed by atoms with Crippen molar-refractivity contribution >= 4 is 29.1 Å². The Labute approximate surface area is 118 Å². The lowest BCUT2D eigenvalue weighted by molar-refractivity contribution is -0.129. The first-order valence-corrected chi connectivity index (χ1v) is 6.48. The number of carbonyl (C=O) groups is 1. The molecule has 18 heavy (non-hydrogen) atoms. The van der Waals surface area contributed by atoms with Gasteiger partial charge in [-0.1, -0.05) is 29.3 Å². The Hall–Kier alpha value is -0.770. The van der Waals surface area contributed by atoms with Gasteiger partial charge in [-0.15, -0.1) is 0 Å². The van der Waals surface area contributed by atoms with Crippen LogP contribution >= 0.6 is 23.2 Å². The molecule has 0 radical (unpaired) electrons. The van der Waals surface area contributed by atoms with E-state index < -0.39 is 0 Å². The third kappa shape index (κ3) is 4.84. The Morgan fingerprint density at radius 3 is 2.33 bits per heavy atom. The number of benzene rings is 1. The van der Waals surface area contributed by atoms with Gasteiger partial charge in [0.2, 0.25) is 5.91 Å². The fourth-order valence-corrected chi connectivity index (χ4v) is 1.75. The number of amides is 1. The van der Waals surface area contributed by atoms with Crippen LogP contribution in [0.3, 0.4) is 0 Å². The summed E-state index contributed by atoms with van der Waals surface area (Å²) in [5.41, 5.74) is 0.881. The maximum absolute atomic E-state index is 12.0. The average molecular weight is 289 g/mol. The second-order valence-corrected chi connectivity index (χ2v) is 5.36. The van der Waals surface area contributed by atoms with E-state index in [4.69, 9.17) is 23.2 Å². The van der Waals surface area contributed by atoms with E-state index in [1.807, 2.05) is 32.1 Å². The summed E-state index contributed by atoms with van der Waals surface area (Å²) in [4.78, 5) is 15.7. The SMILES string of the molecule is CN(C)CCN(C)C(=O)Cc1ccc(Cl)c(Cl)c1. The van der Waals surface area contributed by atoms with Gasteiger partial charge in [0.05, 0.1) is 16.5 Å². The van der Waals surface area contributed by atoms with Gasteiger partial charge in [-0.25, -0.2) is 0 Å². The summed E-state index contributed by atoms with van der Waals surface area (Å²) in [5.74, 6) is 0.0789. The first-order valence-electron chi connectivity index (χ1n) is 5.72. The van der Waals surface area contributed by atoms with E-state index in [0.29, 0.717) is 23.0 Å². The molecule has 0 saturated heterocycles. The zero-order valence-corrected chi connectivity index (χ0v) is 12.4. The number of carbonyl (C=O) groups excluding carboxylic acids is 1. The van der Waals surface area contributed by atoms with Crippen LogP contribution in [0, 0.1) is 0 Å². The fourth-order valence-electron chi connectivity index (χ4n) is 1.43. The van der Waals surface area contributed by atoms with E-state index in [1.54, 1.807) is 17.0 Å². The van der Waals surface area contributed by atoms with Crippen molar-refractivity contribution in [3.63, 3.8) is 0 Å². The highest BCUT2D eigenvalue weighted by molar-refractivity contribution is 6.42. The van der Waals surface area contributed by atoms with Crippen LogP contribution in [-0.2, 0) is 11.2 Å². The van der Waals surface area contributed by atoms with Crippen molar-refractivity contribution in [2.45, 2.75) is 6.42 Å². The molecule has 0 unspecified atom stereocenters. The van der Waals surface area contributed by atoms with Gasteiger partial charge in [-0.2, -0.15) is 0 Å². The quantitative estimate of drug-likeness (QED) is 0.831. The van der Waals surface area contributed by atoms with Crippen LogP contribution in [0.5, 0.6) is 0 Å². The molecule has 0 heterocycles. The molecular formula is C13H18Cl2N2O. The van der Waals surface area contributed by atoms with Crippen molar-refractivity contribution in [3.8, 4) is 0 Å². The minimum atomic E-state index is 0.0789. The van der Waals surface area contributed by atoms with Crippen molar-refractivity contribution in [1.82, 2.24) is 9.80 Å². The average Bonchev–Trinajstić information content (AvgIpc) is 2.30. The number of rotatable bonds is 5. The van der Waals surface area contributed by atoms with Gasteiger partial charge in [-0.05, 0) is 31.8 Å². The topological polar surface area (TPSA) is 23.6 Å². The molecule has 0 aliphatic carbocycles. The molecule has 0 spiro atoms. The molecular weight excluding hydrogens is 271 g/mol. The monoisotopic (exact) mass is 288 g/mol. The number of halogens is 2. The Balaban J connectivity index is 2.55. The van der Waals surface area contributed by atoms with Gasteiger partial charge in [0.1, 0.15) is 0 Å². The molecule has 0 saturated carbocycles. The van der Waals surface area contributed by atoms with Crippen molar-refractivity contribution in [3.05, 3.63) is 33.8 Å². The third-order valence-corrected chi connectivity index (χ3v) is 3.39. The van der Waals surface area contributed by atoms with E-state index in [-0.39, 0.29) is 5.91 Å². The highest BCUT2D eigenvalue weighted by atomic mass is 35.5. The molecule has 0 bridgehead atoms. The molecule has 1 amide bonds. The van der Waals surface area contributed by atoms with E-state index in [0.717, 1.165) is 12.1 Å². The molecule has 0 fully saturated rings. The summed E-state index contributed by atoms with van der Waals surface area (Å²) in [7, 11) is 5.78. The maximum atomic E-state index is 12.0. The summed E-state index contributed by atoms with van der Waals surface area (Å²) in [5, 5.41) is 0.992. The molecule has 3 nitrogen and oxygen atoms in total. The van der Waals surface area contributed by atoms with Crippen molar-refractivity contribution in [1.29, 1.82) is 0 Å². The smallest absolute Gasteiger partial charge is 0.226 e. The van der Waals surface area contributed by atoms with Crippen LogP contribution in [-0.4, -0.2) is 49.9 Å². The van der Waals surface area contributed by atoms with Crippen molar-refractivity contribution < 1.29 is 4.79 Å². The summed E-state index contributed by atoms with van der Waals surface area (Å²) < 4.78 is 0. The summed E-state index contributed by atoms with van der Waals surface area (Å²) in [6, 6.07) is 5.28. The van der Waals surface area contributed by atoms with Gasteiger partial charge in [0, 0.05) is 20.1 Å². The second kappa shape index (κ2) is 6.98. The molecule has 100 valence electrons. The first kappa shape index (κ1) is 15.3. The van der Waals surface area contributed by atoms with E-state index in [2.05, 4.69) is 0 Å². The van der Waals surface area contributed by atoms with Crippen LogP contribution < -0.4 is 0 Å². The van der Waals surface area contributed by atoms with E-state index in [9.17, 15) is 4.79 Å². The van der Waals surface area contributed by atoms with E-state index in [1.165, 1.54) is 0 Å². The molecule has 0 atom stereocenters. The zero-order chi connectivity index (χ0) is 13.7. The van der Waals surface area contributed by atoms with Crippen LogP contribution in [0.1, 0.15) is 5.56 Å². The number of hydrogen-bond acceptors (Lipinski definition) is 2. The summed E-state index contributed by atoms with van der Waals surface area (Å²) >= 11 is 11.7. The zero-order valence-electron chi connectivity index (χ0n) is 10.9. The normalized spacial score (nSPS) is 10.8. The van der Waals surface area contributed by atoms with Crippen molar-refractivity contribution in [2.75, 3.05) is 34.2 Å². The Morgan fingerprint density at radius 2 is 1.78 bits per heavy atom. The maximum Gasteiger partial charge on any atom is 0.226 e. The molecule has 5 heteroatoms. The van der Waals surface area contributed by atoms with Gasteiger partial charge in [0.25, 0.3) is 0 Å². The minimum absolute atomic E-state index is 0.0789.